The third-order valence-corrected chi connectivity index (χ3v) is 7.89. The zero-order chi connectivity index (χ0) is 30.8. The predicted octanol–water partition coefficient (Wildman–Crippen LogP) is 5.88. The maximum atomic E-state index is 14.6. The third-order valence-electron chi connectivity index (χ3n) is 7.89. The molecule has 0 unspecified atom stereocenters. The number of H-pyrrole nitrogens is 1. The van der Waals surface area contributed by atoms with E-state index in [-0.39, 0.29) is 30.8 Å². The summed E-state index contributed by atoms with van der Waals surface area (Å²) in [6.07, 6.45) is 0.0898. The Bertz CT molecular complexity index is 1820. The van der Waals surface area contributed by atoms with Gasteiger partial charge < -0.3 is 14.5 Å². The van der Waals surface area contributed by atoms with E-state index in [0.29, 0.717) is 34.2 Å². The molecule has 0 saturated carbocycles. The van der Waals surface area contributed by atoms with Crippen LogP contribution in [0.25, 0.3) is 10.9 Å². The first-order valence-corrected chi connectivity index (χ1v) is 14.5. The number of methoxy groups -OCH3 is 1. The summed E-state index contributed by atoms with van der Waals surface area (Å²) in [6, 6.07) is 31.1. The second kappa shape index (κ2) is 12.0. The molecule has 9 nitrogen and oxygen atoms in total. The number of amides is 3. The quantitative estimate of drug-likeness (QED) is 0.229. The van der Waals surface area contributed by atoms with E-state index in [9.17, 15) is 14.4 Å². The highest BCUT2D eigenvalue weighted by Crippen LogP contribution is 2.40. The van der Waals surface area contributed by atoms with Crippen LogP contribution in [0.1, 0.15) is 19.5 Å². The molecule has 1 atom stereocenters. The molecule has 0 fully saturated rings. The summed E-state index contributed by atoms with van der Waals surface area (Å²) in [5.74, 6) is -1.55. The van der Waals surface area contributed by atoms with Gasteiger partial charge in [-0.15, -0.1) is 0 Å². The molecule has 222 valence electrons. The van der Waals surface area contributed by atoms with Crippen molar-refractivity contribution >= 4 is 51.4 Å². The van der Waals surface area contributed by atoms with Crippen LogP contribution in [-0.2, 0) is 20.8 Å². The van der Waals surface area contributed by atoms with Crippen molar-refractivity contribution in [3.8, 4) is 5.75 Å². The molecular formula is C35H33N5O4. The lowest BCUT2D eigenvalue weighted by Gasteiger charge is -2.31. The fourth-order valence-corrected chi connectivity index (χ4v) is 5.81. The maximum Gasteiger partial charge on any atom is 0.247 e. The summed E-state index contributed by atoms with van der Waals surface area (Å²) >= 11 is 0. The molecule has 44 heavy (non-hydrogen) atoms. The maximum absolute atomic E-state index is 14.6. The van der Waals surface area contributed by atoms with Crippen molar-refractivity contribution in [1.82, 2.24) is 10.2 Å². The first-order chi connectivity index (χ1) is 21.4. The molecule has 0 spiro atoms. The molecule has 0 saturated heterocycles. The van der Waals surface area contributed by atoms with Crippen LogP contribution in [0.4, 0.5) is 22.7 Å². The number of hydrogen-bond donors (Lipinski definition) is 1. The molecule has 4 aromatic carbocycles. The van der Waals surface area contributed by atoms with Crippen molar-refractivity contribution in [2.75, 3.05) is 28.4 Å². The Balaban J connectivity index is 1.44. The minimum Gasteiger partial charge on any atom is -0.497 e. The van der Waals surface area contributed by atoms with Gasteiger partial charge in [-0.25, -0.2) is 0 Å². The number of benzene rings is 4. The Morgan fingerprint density at radius 3 is 2.23 bits per heavy atom. The average molecular weight is 588 g/mol. The van der Waals surface area contributed by atoms with Crippen LogP contribution >= 0.6 is 0 Å². The molecule has 6 rings (SSSR count). The van der Waals surface area contributed by atoms with E-state index in [1.165, 1.54) is 4.90 Å². The van der Waals surface area contributed by atoms with Crippen molar-refractivity contribution in [2.24, 2.45) is 5.92 Å². The number of carbonyl (C=O) groups excluding carboxylic acids is 3. The van der Waals surface area contributed by atoms with E-state index in [4.69, 9.17) is 4.74 Å². The average Bonchev–Trinajstić information content (AvgIpc) is 3.43. The number of fused-ring (bicyclic) bond motifs is 2. The highest BCUT2D eigenvalue weighted by atomic mass is 16.5. The first kappa shape index (κ1) is 28.7. The van der Waals surface area contributed by atoms with Gasteiger partial charge in [0.2, 0.25) is 17.7 Å². The van der Waals surface area contributed by atoms with E-state index >= 15 is 0 Å². The monoisotopic (exact) mass is 587 g/mol. The molecule has 1 aromatic heterocycles. The molecule has 0 aliphatic carbocycles. The van der Waals surface area contributed by atoms with Crippen molar-refractivity contribution in [3.05, 3.63) is 109 Å². The molecular weight excluding hydrogens is 554 g/mol. The number of para-hydroxylation sites is 4. The van der Waals surface area contributed by atoms with Crippen LogP contribution < -0.4 is 19.4 Å². The van der Waals surface area contributed by atoms with E-state index in [2.05, 4.69) is 10.2 Å². The van der Waals surface area contributed by atoms with Gasteiger partial charge in [0, 0.05) is 34.9 Å². The number of ether oxygens (including phenoxy) is 1. The zero-order valence-electron chi connectivity index (χ0n) is 24.8. The Morgan fingerprint density at radius 1 is 0.864 bits per heavy atom. The first-order valence-electron chi connectivity index (χ1n) is 14.5. The number of aromatic amines is 1. The topological polar surface area (TPSA) is 98.8 Å². The van der Waals surface area contributed by atoms with Crippen molar-refractivity contribution in [3.63, 3.8) is 0 Å². The summed E-state index contributed by atoms with van der Waals surface area (Å²) in [7, 11) is 1.59. The summed E-state index contributed by atoms with van der Waals surface area (Å²) in [4.78, 5) is 47.8. The third kappa shape index (κ3) is 5.28. The predicted molar refractivity (Wildman–Crippen MR) is 171 cm³/mol. The standard InChI is InChI=1S/C35H33N5O4/c1-23(2)39(25-17-19-26(44-3)20-18-25)33(41)22-38-31-15-9-10-16-32(31)40(24-11-5-4-6-12-24)35(43)28(34(38)42)21-30-27-13-7-8-14-29(27)36-37-30/h4-20,23,28H,21-22H2,1-3H3,(H,36,37)/t28-/m0/s1. The fourth-order valence-electron chi connectivity index (χ4n) is 5.81. The molecule has 0 radical (unpaired) electrons. The van der Waals surface area contributed by atoms with Gasteiger partial charge in [-0.2, -0.15) is 5.10 Å². The van der Waals surface area contributed by atoms with E-state index < -0.39 is 11.8 Å². The van der Waals surface area contributed by atoms with Crippen LogP contribution in [-0.4, -0.2) is 47.6 Å². The van der Waals surface area contributed by atoms with Crippen LogP contribution in [0.5, 0.6) is 5.75 Å². The SMILES string of the molecule is COc1ccc(N(C(=O)CN2C(=O)[C@H](Cc3[nH]nc4ccccc34)C(=O)N(c3ccccc3)c3ccccc32)C(C)C)cc1. The second-order valence-electron chi connectivity index (χ2n) is 11.0. The minimum absolute atomic E-state index is 0.0898. The van der Waals surface area contributed by atoms with Gasteiger partial charge in [0.25, 0.3) is 0 Å². The summed E-state index contributed by atoms with van der Waals surface area (Å²) < 4.78 is 5.30. The van der Waals surface area contributed by atoms with Crippen molar-refractivity contribution in [1.29, 1.82) is 0 Å². The Kier molecular flexibility index (Phi) is 7.85. The fraction of sp³-hybridized carbons (Fsp3) is 0.200. The Labute approximate surface area is 255 Å². The smallest absolute Gasteiger partial charge is 0.247 e. The van der Waals surface area contributed by atoms with Crippen molar-refractivity contribution < 1.29 is 19.1 Å². The minimum atomic E-state index is -1.12. The summed E-state index contributed by atoms with van der Waals surface area (Å²) in [5, 5.41) is 8.27. The number of anilines is 4. The lowest BCUT2D eigenvalue weighted by molar-refractivity contribution is -0.132. The van der Waals surface area contributed by atoms with E-state index in [0.717, 1.165) is 10.9 Å². The number of nitrogens with one attached hydrogen (secondary N) is 1. The van der Waals surface area contributed by atoms with Gasteiger partial charge in [-0.1, -0.05) is 48.5 Å². The molecule has 1 aliphatic rings. The van der Waals surface area contributed by atoms with Crippen LogP contribution in [0.3, 0.4) is 0 Å². The van der Waals surface area contributed by atoms with Gasteiger partial charge >= 0.3 is 0 Å². The molecule has 3 amide bonds. The molecule has 5 aromatic rings. The largest absolute Gasteiger partial charge is 0.497 e. The van der Waals surface area contributed by atoms with Crippen molar-refractivity contribution in [2.45, 2.75) is 26.3 Å². The Hall–Kier alpha value is -5.44. The number of carbonyl (C=O) groups is 3. The lowest BCUT2D eigenvalue weighted by Crippen LogP contribution is -2.48. The number of nitrogens with zero attached hydrogens (tertiary/aromatic N) is 4. The van der Waals surface area contributed by atoms with E-state index in [1.807, 2.05) is 98.8 Å². The normalized spacial score (nSPS) is 15.0. The van der Waals surface area contributed by atoms with Gasteiger partial charge in [-0.3, -0.25) is 24.4 Å². The summed E-state index contributed by atoms with van der Waals surface area (Å²) in [6.45, 7) is 3.59. The molecule has 0 bridgehead atoms. The van der Waals surface area contributed by atoms with Crippen LogP contribution in [0.15, 0.2) is 103 Å². The van der Waals surface area contributed by atoms with Gasteiger partial charge in [0.1, 0.15) is 18.2 Å². The van der Waals surface area contributed by atoms with E-state index in [1.54, 1.807) is 35.1 Å². The lowest BCUT2D eigenvalue weighted by atomic mass is 9.98. The van der Waals surface area contributed by atoms with Crippen LogP contribution in [0.2, 0.25) is 0 Å². The number of aromatic nitrogens is 2. The van der Waals surface area contributed by atoms with Crippen LogP contribution in [0, 0.1) is 5.92 Å². The molecule has 1 aliphatic heterocycles. The molecule has 9 heteroatoms. The number of hydrogen-bond acceptors (Lipinski definition) is 5. The molecule has 2 heterocycles. The van der Waals surface area contributed by atoms with Gasteiger partial charge in [-0.05, 0) is 68.4 Å². The highest BCUT2D eigenvalue weighted by molar-refractivity contribution is 6.21. The highest BCUT2D eigenvalue weighted by Gasteiger charge is 2.42. The van der Waals surface area contributed by atoms with Gasteiger partial charge in [0.05, 0.1) is 24.0 Å². The van der Waals surface area contributed by atoms with Gasteiger partial charge in [0.15, 0.2) is 0 Å². The number of rotatable bonds is 8. The molecule has 1 N–H and O–H groups in total. The second-order valence-corrected chi connectivity index (χ2v) is 11.0. The summed E-state index contributed by atoms with van der Waals surface area (Å²) in [5.41, 5.74) is 3.76. The zero-order valence-corrected chi connectivity index (χ0v) is 24.8. The Morgan fingerprint density at radius 2 is 1.52 bits per heavy atom.